The molecule has 2 saturated heterocycles. The Morgan fingerprint density at radius 1 is 0.541 bits per heavy atom. The fraction of sp³-hybridized carbons (Fsp3) is 0.870. The first-order valence-corrected chi connectivity index (χ1v) is 32.8. The SMILES string of the molecule is C.CC.CCCC.CCOC(O)C(OCC(C)C(=O)OCCOCCOCCOCCn1cc(CN2CCS(=O)(=O)CC2)nn1)C(OCC(C)C(=O)OCCOCCOCCOCCn1cc(CN2CCS(=O)(=O)CC2)nn1)C(O)C(C)C(=O)O. The molecular formula is C54H102N8O21S2. The number of esters is 2. The summed E-state index contributed by atoms with van der Waals surface area (Å²) in [6.07, 6.45) is -0.298. The lowest BCUT2D eigenvalue weighted by Gasteiger charge is -2.35. The largest absolute Gasteiger partial charge is 0.481 e. The molecule has 85 heavy (non-hydrogen) atoms. The highest BCUT2D eigenvalue weighted by atomic mass is 32.2. The molecule has 0 saturated carbocycles. The van der Waals surface area contributed by atoms with Gasteiger partial charge in [-0.05, 0) is 27.7 Å². The van der Waals surface area contributed by atoms with Gasteiger partial charge in [0.2, 0.25) is 0 Å². The van der Waals surface area contributed by atoms with Crippen molar-refractivity contribution in [2.24, 2.45) is 17.8 Å². The quantitative estimate of drug-likeness (QED) is 0.0476. The monoisotopic (exact) mass is 1260 g/mol. The van der Waals surface area contributed by atoms with Crippen LogP contribution >= 0.6 is 0 Å². The average molecular weight is 1260 g/mol. The van der Waals surface area contributed by atoms with Gasteiger partial charge in [0.1, 0.15) is 25.4 Å². The molecule has 2 aliphatic heterocycles. The molecule has 0 radical (unpaired) electrons. The number of carboxylic acids is 1. The lowest BCUT2D eigenvalue weighted by molar-refractivity contribution is -0.236. The summed E-state index contributed by atoms with van der Waals surface area (Å²) in [7, 11) is -5.89. The zero-order chi connectivity index (χ0) is 62.2. The maximum absolute atomic E-state index is 12.8. The molecule has 0 aliphatic carbocycles. The maximum Gasteiger partial charge on any atom is 0.311 e. The van der Waals surface area contributed by atoms with Crippen LogP contribution in [0.2, 0.25) is 0 Å². The highest BCUT2D eigenvalue weighted by molar-refractivity contribution is 7.91. The van der Waals surface area contributed by atoms with Crippen molar-refractivity contribution >= 4 is 37.6 Å². The molecule has 4 rings (SSSR count). The van der Waals surface area contributed by atoms with Crippen LogP contribution in [0.15, 0.2) is 12.4 Å². The number of carboxylic acid groups (broad SMARTS) is 1. The normalized spacial score (nSPS) is 17.5. The van der Waals surface area contributed by atoms with E-state index in [1.54, 1.807) is 16.3 Å². The maximum atomic E-state index is 12.8. The van der Waals surface area contributed by atoms with Crippen molar-refractivity contribution in [3.63, 3.8) is 0 Å². The Hall–Kier alpha value is -3.93. The summed E-state index contributed by atoms with van der Waals surface area (Å²) >= 11 is 0. The summed E-state index contributed by atoms with van der Waals surface area (Å²) in [5.41, 5.74) is 1.52. The Morgan fingerprint density at radius 3 is 1.22 bits per heavy atom. The molecule has 0 spiro atoms. The number of nitrogens with zero attached hydrogens (tertiary/aromatic N) is 8. The van der Waals surface area contributed by atoms with Gasteiger partial charge in [0.05, 0.1) is 164 Å². The molecular weight excluding hydrogens is 1160 g/mol. The molecule has 3 N–H and O–H groups in total. The second kappa shape index (κ2) is 46.2. The van der Waals surface area contributed by atoms with Gasteiger partial charge >= 0.3 is 17.9 Å². The van der Waals surface area contributed by atoms with Gasteiger partial charge in [0.15, 0.2) is 26.0 Å². The number of aliphatic hydroxyl groups excluding tert-OH is 2. The molecule has 4 heterocycles. The van der Waals surface area contributed by atoms with Gasteiger partial charge in [-0.2, -0.15) is 0 Å². The van der Waals surface area contributed by atoms with Crippen LogP contribution < -0.4 is 0 Å². The molecule has 31 heteroatoms. The van der Waals surface area contributed by atoms with Gasteiger partial charge in [-0.3, -0.25) is 24.2 Å². The Morgan fingerprint density at radius 2 is 0.882 bits per heavy atom. The summed E-state index contributed by atoms with van der Waals surface area (Å²) < 4.78 is 111. The topological polar surface area (TPSA) is 350 Å². The van der Waals surface area contributed by atoms with Gasteiger partial charge < -0.3 is 67.4 Å². The number of sulfone groups is 2. The lowest BCUT2D eigenvalue weighted by Crippen LogP contribution is -2.52. The minimum atomic E-state index is -2.95. The molecule has 0 bridgehead atoms. The molecule has 0 amide bonds. The molecule has 29 nitrogen and oxygen atoms in total. The second-order valence-corrected chi connectivity index (χ2v) is 24.3. The predicted molar refractivity (Wildman–Crippen MR) is 312 cm³/mol. The highest BCUT2D eigenvalue weighted by Crippen LogP contribution is 2.22. The van der Waals surface area contributed by atoms with Crippen LogP contribution in [0.1, 0.15) is 87.0 Å². The number of rotatable bonds is 44. The second-order valence-electron chi connectivity index (χ2n) is 19.7. The first kappa shape index (κ1) is 79.1. The number of ether oxygens (including phenoxy) is 11. The molecule has 7 unspecified atom stereocenters. The van der Waals surface area contributed by atoms with E-state index < -0.39 is 79.9 Å². The van der Waals surface area contributed by atoms with E-state index in [1.807, 2.05) is 36.0 Å². The van der Waals surface area contributed by atoms with Crippen LogP contribution in [0.5, 0.6) is 0 Å². The Bertz CT molecular complexity index is 2250. The van der Waals surface area contributed by atoms with Crippen molar-refractivity contribution in [1.82, 2.24) is 39.8 Å². The summed E-state index contributed by atoms with van der Waals surface area (Å²) in [5.74, 6) is -5.31. The van der Waals surface area contributed by atoms with E-state index in [2.05, 4.69) is 34.5 Å². The summed E-state index contributed by atoms with van der Waals surface area (Å²) in [5, 5.41) is 48.3. The first-order chi connectivity index (χ1) is 40.3. The number of carbonyl (C=O) groups is 3. The van der Waals surface area contributed by atoms with Crippen LogP contribution in [0, 0.1) is 17.8 Å². The lowest BCUT2D eigenvalue weighted by atomic mass is 9.95. The Kier molecular flexibility index (Phi) is 43.0. The van der Waals surface area contributed by atoms with Crippen molar-refractivity contribution in [2.45, 2.75) is 126 Å². The minimum absolute atomic E-state index is 0. The van der Waals surface area contributed by atoms with Crippen molar-refractivity contribution in [3.8, 4) is 0 Å². The van der Waals surface area contributed by atoms with E-state index in [0.717, 1.165) is 11.4 Å². The van der Waals surface area contributed by atoms with Crippen LogP contribution in [0.3, 0.4) is 0 Å². The third-order valence-corrected chi connectivity index (χ3v) is 16.0. The summed E-state index contributed by atoms with van der Waals surface area (Å²) in [6, 6.07) is 0. The minimum Gasteiger partial charge on any atom is -0.481 e. The van der Waals surface area contributed by atoms with E-state index in [4.69, 9.17) is 52.1 Å². The number of hydrogen-bond acceptors (Lipinski definition) is 26. The van der Waals surface area contributed by atoms with E-state index in [-0.39, 0.29) is 103 Å². The molecule has 2 aliphatic rings. The highest BCUT2D eigenvalue weighted by Gasteiger charge is 2.41. The number of aromatic nitrogens is 6. The van der Waals surface area contributed by atoms with Gasteiger partial charge in [-0.25, -0.2) is 26.2 Å². The zero-order valence-electron chi connectivity index (χ0n) is 50.7. The van der Waals surface area contributed by atoms with Gasteiger partial charge in [0.25, 0.3) is 0 Å². The van der Waals surface area contributed by atoms with Crippen molar-refractivity contribution in [2.75, 3.05) is 162 Å². The van der Waals surface area contributed by atoms with Crippen LogP contribution in [-0.2, 0) is 112 Å². The Balaban J connectivity index is 0.00000494. The number of aliphatic hydroxyl groups is 2. The molecule has 2 aromatic heterocycles. The van der Waals surface area contributed by atoms with Crippen LogP contribution in [0.25, 0.3) is 0 Å². The summed E-state index contributed by atoms with van der Waals surface area (Å²) in [6.45, 7) is 20.5. The average Bonchev–Trinajstić information content (AvgIpc) is 4.14. The fourth-order valence-electron chi connectivity index (χ4n) is 7.47. The number of unbranched alkanes of at least 4 members (excludes halogenated alkanes) is 1. The predicted octanol–water partition coefficient (Wildman–Crippen LogP) is 1.16. The van der Waals surface area contributed by atoms with Gasteiger partial charge in [-0.1, -0.05) is 58.4 Å². The molecule has 0 aromatic carbocycles. The molecule has 7 atom stereocenters. The number of aliphatic carboxylic acids is 1. The standard InChI is InChI=1S/C47H82N8O21S2.C4H10.C2H6.CH4/c1-5-72-47(61)43(76-35-37(3)46(60)74-25-23-71-21-19-69-17-15-67-13-7-55-33-40(49-51-55)31-53-10-28-78(64,65)29-11-53)42(41(56)38(4)44(57)58)75-34-36(2)45(59)73-24-22-70-20-18-68-16-14-66-12-6-54-32-39(48-50-54)30-52-8-26-77(62,63)27-9-52;1-3-4-2;1-2;/h32-33,36-38,41-43,47,56,61H,5-31,34-35H2,1-4H3,(H,57,58);3-4H2,1-2H3;1-2H3;1H4. The van der Waals surface area contributed by atoms with Gasteiger partial charge in [0, 0.05) is 58.3 Å². The van der Waals surface area contributed by atoms with E-state index >= 15 is 0 Å². The van der Waals surface area contributed by atoms with Crippen LogP contribution in [0.4, 0.5) is 0 Å². The zero-order valence-corrected chi connectivity index (χ0v) is 52.3. The van der Waals surface area contributed by atoms with E-state index in [0.29, 0.717) is 92.0 Å². The smallest absolute Gasteiger partial charge is 0.311 e. The molecule has 2 aromatic rings. The first-order valence-electron chi connectivity index (χ1n) is 29.1. The van der Waals surface area contributed by atoms with E-state index in [9.17, 15) is 46.5 Å². The number of hydrogen-bond donors (Lipinski definition) is 3. The Labute approximate surface area is 503 Å². The van der Waals surface area contributed by atoms with Gasteiger partial charge in [-0.15, -0.1) is 10.2 Å². The van der Waals surface area contributed by atoms with Crippen molar-refractivity contribution in [1.29, 1.82) is 0 Å². The summed E-state index contributed by atoms with van der Waals surface area (Å²) in [4.78, 5) is 41.7. The van der Waals surface area contributed by atoms with Crippen molar-refractivity contribution < 1.29 is 98.6 Å². The van der Waals surface area contributed by atoms with Crippen LogP contribution in [-0.4, -0.2) is 276 Å². The van der Waals surface area contributed by atoms with Crippen molar-refractivity contribution in [3.05, 3.63) is 23.8 Å². The number of carbonyl (C=O) groups excluding carboxylic acids is 2. The third kappa shape index (κ3) is 35.0. The van der Waals surface area contributed by atoms with E-state index in [1.165, 1.54) is 33.6 Å². The molecule has 2 fully saturated rings. The molecule has 496 valence electrons. The fourth-order valence-corrected chi connectivity index (χ4v) is 10.0. The third-order valence-electron chi connectivity index (χ3n) is 12.7.